The number of ether oxygens (including phenoxy) is 1. The van der Waals surface area contributed by atoms with E-state index in [1.165, 1.54) is 13.2 Å². The van der Waals surface area contributed by atoms with Gasteiger partial charge in [0, 0.05) is 18.7 Å². The predicted molar refractivity (Wildman–Crippen MR) is 79.2 cm³/mol. The molecular weight excluding hydrogens is 276 g/mol. The number of nitrogens with two attached hydrogens (primary N) is 1. The third kappa shape index (κ3) is 2.76. The van der Waals surface area contributed by atoms with E-state index in [1.54, 1.807) is 16.4 Å². The Bertz CT molecular complexity index is 566. The van der Waals surface area contributed by atoms with Gasteiger partial charge >= 0.3 is 0 Å². The van der Waals surface area contributed by atoms with Crippen molar-refractivity contribution in [1.82, 2.24) is 4.31 Å². The van der Waals surface area contributed by atoms with Gasteiger partial charge in [0.2, 0.25) is 10.0 Å². The van der Waals surface area contributed by atoms with Gasteiger partial charge in [0.15, 0.2) is 0 Å². The lowest BCUT2D eigenvalue weighted by molar-refractivity contribution is 0.335. The first-order valence-electron chi connectivity index (χ1n) is 6.96. The fourth-order valence-corrected chi connectivity index (χ4v) is 4.62. The molecule has 0 aliphatic heterocycles. The number of nitrogens with zero attached hydrogens (tertiary/aromatic N) is 1. The monoisotopic (exact) mass is 298 g/mol. The Hall–Kier alpha value is -1.27. The molecule has 0 heterocycles. The molecule has 1 aromatic carbocycles. The standard InChI is InChI=1S/C14H22N2O3S/c1-3-16(11-6-4-5-7-11)20(17,18)14-9-8-12(19-2)10-13(14)15/h8-11H,3-7,15H2,1-2H3. The average Bonchev–Trinajstić information content (AvgIpc) is 2.92. The molecule has 0 spiro atoms. The average molecular weight is 298 g/mol. The van der Waals surface area contributed by atoms with Crippen LogP contribution in [0.25, 0.3) is 0 Å². The SMILES string of the molecule is CCN(C1CCCC1)S(=O)(=O)c1ccc(OC)cc1N. The van der Waals surface area contributed by atoms with E-state index < -0.39 is 10.0 Å². The van der Waals surface area contributed by atoms with Gasteiger partial charge in [-0.05, 0) is 25.0 Å². The maximum absolute atomic E-state index is 12.8. The van der Waals surface area contributed by atoms with Crippen LogP contribution < -0.4 is 10.5 Å². The first-order chi connectivity index (χ1) is 9.50. The highest BCUT2D eigenvalue weighted by atomic mass is 32.2. The van der Waals surface area contributed by atoms with Gasteiger partial charge in [0.1, 0.15) is 10.6 Å². The number of anilines is 1. The summed E-state index contributed by atoms with van der Waals surface area (Å²) in [7, 11) is -2.01. The highest BCUT2D eigenvalue weighted by Crippen LogP contribution is 2.31. The topological polar surface area (TPSA) is 72.6 Å². The molecule has 20 heavy (non-hydrogen) atoms. The van der Waals surface area contributed by atoms with Gasteiger partial charge in [-0.1, -0.05) is 19.8 Å². The Morgan fingerprint density at radius 1 is 1.35 bits per heavy atom. The first kappa shape index (κ1) is 15.1. The summed E-state index contributed by atoms with van der Waals surface area (Å²) in [6, 6.07) is 4.81. The zero-order chi connectivity index (χ0) is 14.8. The van der Waals surface area contributed by atoms with Gasteiger partial charge < -0.3 is 10.5 Å². The summed E-state index contributed by atoms with van der Waals surface area (Å²) in [4.78, 5) is 0.173. The minimum atomic E-state index is -3.54. The summed E-state index contributed by atoms with van der Waals surface area (Å²) in [5.41, 5.74) is 6.13. The molecular formula is C14H22N2O3S. The molecule has 0 amide bonds. The number of rotatable bonds is 5. The molecule has 0 saturated heterocycles. The number of nitrogen functional groups attached to an aromatic ring is 1. The van der Waals surface area contributed by atoms with Gasteiger partial charge in [-0.15, -0.1) is 0 Å². The van der Waals surface area contributed by atoms with E-state index in [1.807, 2.05) is 6.92 Å². The van der Waals surface area contributed by atoms with Crippen molar-refractivity contribution >= 4 is 15.7 Å². The summed E-state index contributed by atoms with van der Waals surface area (Å²) < 4.78 is 32.2. The summed E-state index contributed by atoms with van der Waals surface area (Å²) in [6.07, 6.45) is 4.05. The van der Waals surface area contributed by atoms with E-state index in [0.29, 0.717) is 12.3 Å². The van der Waals surface area contributed by atoms with Crippen LogP contribution in [0.5, 0.6) is 5.75 Å². The minimum Gasteiger partial charge on any atom is -0.497 e. The predicted octanol–water partition coefficient (Wildman–Crippen LogP) is 2.23. The molecule has 1 aliphatic carbocycles. The summed E-state index contributed by atoms with van der Waals surface area (Å²) in [6.45, 7) is 2.34. The second-order valence-corrected chi connectivity index (χ2v) is 6.91. The van der Waals surface area contributed by atoms with Crippen molar-refractivity contribution in [3.8, 4) is 5.75 Å². The molecule has 0 unspecified atom stereocenters. The third-order valence-corrected chi connectivity index (χ3v) is 5.95. The fraction of sp³-hybridized carbons (Fsp3) is 0.571. The molecule has 0 bridgehead atoms. The van der Waals surface area contributed by atoms with E-state index >= 15 is 0 Å². The van der Waals surface area contributed by atoms with E-state index in [-0.39, 0.29) is 16.6 Å². The molecule has 1 saturated carbocycles. The van der Waals surface area contributed by atoms with Crippen LogP contribution in [0, 0.1) is 0 Å². The highest BCUT2D eigenvalue weighted by Gasteiger charge is 2.33. The number of methoxy groups -OCH3 is 1. The minimum absolute atomic E-state index is 0.103. The summed E-state index contributed by atoms with van der Waals surface area (Å²) in [5, 5.41) is 0. The van der Waals surface area contributed by atoms with Crippen LogP contribution in [0.2, 0.25) is 0 Å². The van der Waals surface area contributed by atoms with Crippen molar-refractivity contribution < 1.29 is 13.2 Å². The second-order valence-electron chi connectivity index (χ2n) is 5.05. The quantitative estimate of drug-likeness (QED) is 0.846. The van der Waals surface area contributed by atoms with Crippen molar-refractivity contribution in [2.24, 2.45) is 0 Å². The van der Waals surface area contributed by atoms with Gasteiger partial charge in [0.25, 0.3) is 0 Å². The number of benzene rings is 1. The van der Waals surface area contributed by atoms with Crippen LogP contribution in [0.1, 0.15) is 32.6 Å². The lowest BCUT2D eigenvalue weighted by atomic mass is 10.2. The molecule has 6 heteroatoms. The third-order valence-electron chi connectivity index (χ3n) is 3.85. The van der Waals surface area contributed by atoms with E-state index in [4.69, 9.17) is 10.5 Å². The normalized spacial score (nSPS) is 16.8. The Kier molecular flexibility index (Phi) is 4.55. The Balaban J connectivity index is 2.37. The largest absolute Gasteiger partial charge is 0.497 e. The molecule has 112 valence electrons. The second kappa shape index (κ2) is 6.01. The number of sulfonamides is 1. The van der Waals surface area contributed by atoms with Crippen LogP contribution in [0.15, 0.2) is 23.1 Å². The maximum atomic E-state index is 12.8. The van der Waals surface area contributed by atoms with E-state index in [2.05, 4.69) is 0 Å². The van der Waals surface area contributed by atoms with E-state index in [0.717, 1.165) is 25.7 Å². The van der Waals surface area contributed by atoms with Gasteiger partial charge in [-0.3, -0.25) is 0 Å². The van der Waals surface area contributed by atoms with Crippen LogP contribution in [0.3, 0.4) is 0 Å². The van der Waals surface area contributed by atoms with E-state index in [9.17, 15) is 8.42 Å². The van der Waals surface area contributed by atoms with Crippen LogP contribution in [-0.4, -0.2) is 32.4 Å². The Morgan fingerprint density at radius 3 is 2.50 bits per heavy atom. The smallest absolute Gasteiger partial charge is 0.245 e. The lowest BCUT2D eigenvalue weighted by Crippen LogP contribution is -2.38. The van der Waals surface area contributed by atoms with Crippen LogP contribution in [-0.2, 0) is 10.0 Å². The first-order valence-corrected chi connectivity index (χ1v) is 8.40. The number of hydrogen-bond donors (Lipinski definition) is 1. The van der Waals surface area contributed by atoms with Crippen molar-refractivity contribution in [2.45, 2.75) is 43.5 Å². The molecule has 0 radical (unpaired) electrons. The summed E-state index contributed by atoms with van der Waals surface area (Å²) >= 11 is 0. The molecule has 2 N–H and O–H groups in total. The Labute approximate surface area is 120 Å². The summed E-state index contributed by atoms with van der Waals surface area (Å²) in [5.74, 6) is 0.561. The maximum Gasteiger partial charge on any atom is 0.245 e. The lowest BCUT2D eigenvalue weighted by Gasteiger charge is -2.27. The Morgan fingerprint density at radius 2 is 2.00 bits per heavy atom. The van der Waals surface area contributed by atoms with Crippen molar-refractivity contribution in [3.05, 3.63) is 18.2 Å². The molecule has 0 atom stereocenters. The van der Waals surface area contributed by atoms with Gasteiger partial charge in [-0.25, -0.2) is 8.42 Å². The van der Waals surface area contributed by atoms with Gasteiger partial charge in [-0.2, -0.15) is 4.31 Å². The van der Waals surface area contributed by atoms with Crippen molar-refractivity contribution in [3.63, 3.8) is 0 Å². The zero-order valence-electron chi connectivity index (χ0n) is 12.0. The molecule has 2 rings (SSSR count). The van der Waals surface area contributed by atoms with Gasteiger partial charge in [0.05, 0.1) is 12.8 Å². The van der Waals surface area contributed by atoms with Crippen molar-refractivity contribution in [2.75, 3.05) is 19.4 Å². The molecule has 0 aromatic heterocycles. The fourth-order valence-electron chi connectivity index (χ4n) is 2.83. The highest BCUT2D eigenvalue weighted by molar-refractivity contribution is 7.89. The zero-order valence-corrected chi connectivity index (χ0v) is 12.8. The van der Waals surface area contributed by atoms with Crippen molar-refractivity contribution in [1.29, 1.82) is 0 Å². The van der Waals surface area contributed by atoms with Crippen LogP contribution >= 0.6 is 0 Å². The number of hydrogen-bond acceptors (Lipinski definition) is 4. The molecule has 5 nitrogen and oxygen atoms in total. The molecule has 1 aliphatic rings. The molecule has 1 aromatic rings. The molecule has 1 fully saturated rings. The van der Waals surface area contributed by atoms with Crippen LogP contribution in [0.4, 0.5) is 5.69 Å².